The molecule has 0 aliphatic heterocycles. The number of rotatable bonds is 5. The minimum atomic E-state index is -1.02. The lowest BCUT2D eigenvalue weighted by Crippen LogP contribution is -2.38. The Balaban J connectivity index is 2.66. The summed E-state index contributed by atoms with van der Waals surface area (Å²) in [5.41, 5.74) is 2.94. The molecule has 0 N–H and O–H groups in total. The predicted molar refractivity (Wildman–Crippen MR) is 85.5 cm³/mol. The van der Waals surface area contributed by atoms with Gasteiger partial charge in [-0.15, -0.1) is 0 Å². The zero-order chi connectivity index (χ0) is 18.0. The van der Waals surface area contributed by atoms with Crippen LogP contribution in [0.2, 0.25) is 0 Å². The van der Waals surface area contributed by atoms with Gasteiger partial charge in [0.1, 0.15) is 0 Å². The first-order chi connectivity index (χ1) is 11.3. The van der Waals surface area contributed by atoms with E-state index in [4.69, 9.17) is 9.47 Å². The van der Waals surface area contributed by atoms with E-state index in [-0.39, 0.29) is 0 Å². The van der Waals surface area contributed by atoms with Gasteiger partial charge < -0.3 is 9.47 Å². The predicted octanol–water partition coefficient (Wildman–Crippen LogP) is 1.44. The molecule has 0 fully saturated rings. The molecular formula is C16H22N4O4. The van der Waals surface area contributed by atoms with E-state index < -0.39 is 24.0 Å². The van der Waals surface area contributed by atoms with E-state index in [0.29, 0.717) is 0 Å². The smallest absolute Gasteiger partial charge is 0.333 e. The normalized spacial score (nSPS) is 13.4. The average Bonchev–Trinajstić information content (AvgIpc) is 3.03. The van der Waals surface area contributed by atoms with E-state index in [1.807, 2.05) is 39.8 Å². The summed E-state index contributed by atoms with van der Waals surface area (Å²) in [6, 6.07) is 1.61. The Morgan fingerprint density at radius 2 is 1.17 bits per heavy atom. The van der Waals surface area contributed by atoms with E-state index in [9.17, 15) is 9.59 Å². The average molecular weight is 334 g/mol. The first-order valence-corrected chi connectivity index (χ1v) is 7.51. The van der Waals surface area contributed by atoms with Crippen molar-refractivity contribution < 1.29 is 19.1 Å². The summed E-state index contributed by atoms with van der Waals surface area (Å²) in [5, 5.41) is 8.69. The summed E-state index contributed by atoms with van der Waals surface area (Å²) in [5.74, 6) is -1.19. The van der Waals surface area contributed by atoms with Crippen LogP contribution < -0.4 is 0 Å². The molecule has 2 heterocycles. The molecule has 0 saturated carbocycles. The Labute approximate surface area is 140 Å². The third-order valence-corrected chi connectivity index (χ3v) is 3.80. The molecule has 2 aromatic rings. The van der Waals surface area contributed by atoms with Crippen LogP contribution in [0.1, 0.15) is 34.9 Å². The largest absolute Gasteiger partial charge is 0.467 e. The van der Waals surface area contributed by atoms with Crippen molar-refractivity contribution >= 4 is 11.9 Å². The van der Waals surface area contributed by atoms with Crippen molar-refractivity contribution in [3.05, 3.63) is 34.9 Å². The SMILES string of the molecule is COC(=O)[C@@H]([C@H](C(=O)OC)n1nc(C)cc1C)n1nc(C)cc1C. The van der Waals surface area contributed by atoms with Gasteiger partial charge in [0.2, 0.25) is 0 Å². The highest BCUT2D eigenvalue weighted by Gasteiger charge is 2.41. The molecule has 0 amide bonds. The summed E-state index contributed by atoms with van der Waals surface area (Å²) in [6.07, 6.45) is 0. The van der Waals surface area contributed by atoms with Crippen LogP contribution in [-0.4, -0.2) is 45.7 Å². The molecule has 130 valence electrons. The van der Waals surface area contributed by atoms with Gasteiger partial charge in [0, 0.05) is 11.4 Å². The summed E-state index contributed by atoms with van der Waals surface area (Å²) in [4.78, 5) is 25.0. The maximum absolute atomic E-state index is 12.5. The van der Waals surface area contributed by atoms with E-state index in [2.05, 4.69) is 10.2 Å². The van der Waals surface area contributed by atoms with Crippen LogP contribution in [0.5, 0.6) is 0 Å². The zero-order valence-corrected chi connectivity index (χ0v) is 14.7. The van der Waals surface area contributed by atoms with Crippen molar-refractivity contribution in [1.29, 1.82) is 0 Å². The Hall–Kier alpha value is -2.64. The fourth-order valence-electron chi connectivity index (χ4n) is 2.82. The molecule has 0 aliphatic carbocycles. The highest BCUT2D eigenvalue weighted by atomic mass is 16.5. The van der Waals surface area contributed by atoms with Gasteiger partial charge in [0.15, 0.2) is 12.1 Å². The van der Waals surface area contributed by atoms with Gasteiger partial charge in [-0.2, -0.15) is 10.2 Å². The lowest BCUT2D eigenvalue weighted by molar-refractivity contribution is -0.156. The molecule has 0 bridgehead atoms. The molecule has 8 nitrogen and oxygen atoms in total. The fraction of sp³-hybridized carbons (Fsp3) is 0.500. The van der Waals surface area contributed by atoms with Crippen molar-refractivity contribution in [2.45, 2.75) is 39.8 Å². The van der Waals surface area contributed by atoms with Crippen molar-refractivity contribution in [2.24, 2.45) is 0 Å². The first kappa shape index (κ1) is 17.7. The Morgan fingerprint density at radius 1 is 0.833 bits per heavy atom. The van der Waals surface area contributed by atoms with Crippen molar-refractivity contribution in [3.63, 3.8) is 0 Å². The molecule has 2 rings (SSSR count). The second kappa shape index (κ2) is 6.86. The van der Waals surface area contributed by atoms with Crippen LogP contribution in [0.4, 0.5) is 0 Å². The van der Waals surface area contributed by atoms with E-state index >= 15 is 0 Å². The molecule has 2 atom stereocenters. The quantitative estimate of drug-likeness (QED) is 0.769. The second-order valence-electron chi connectivity index (χ2n) is 5.68. The molecule has 0 aromatic carbocycles. The summed E-state index contributed by atoms with van der Waals surface area (Å²) >= 11 is 0. The van der Waals surface area contributed by atoms with Crippen molar-refractivity contribution in [2.75, 3.05) is 14.2 Å². The first-order valence-electron chi connectivity index (χ1n) is 7.51. The molecular weight excluding hydrogens is 312 g/mol. The van der Waals surface area contributed by atoms with Gasteiger partial charge in [0.25, 0.3) is 0 Å². The molecule has 0 spiro atoms. The number of aryl methyl sites for hydroxylation is 4. The molecule has 0 unspecified atom stereocenters. The zero-order valence-electron chi connectivity index (χ0n) is 14.7. The highest BCUT2D eigenvalue weighted by molar-refractivity contribution is 5.84. The molecule has 2 aromatic heterocycles. The van der Waals surface area contributed by atoms with Gasteiger partial charge >= 0.3 is 11.9 Å². The summed E-state index contributed by atoms with van der Waals surface area (Å²) in [6.45, 7) is 7.25. The Bertz CT molecular complexity index is 698. The monoisotopic (exact) mass is 334 g/mol. The lowest BCUT2D eigenvalue weighted by atomic mass is 10.1. The summed E-state index contributed by atoms with van der Waals surface area (Å²) < 4.78 is 12.8. The van der Waals surface area contributed by atoms with Gasteiger partial charge in [-0.25, -0.2) is 9.59 Å². The summed E-state index contributed by atoms with van der Waals surface area (Å²) in [7, 11) is 2.55. The number of esters is 2. The van der Waals surface area contributed by atoms with Crippen LogP contribution in [-0.2, 0) is 19.1 Å². The topological polar surface area (TPSA) is 88.2 Å². The Morgan fingerprint density at radius 3 is 1.38 bits per heavy atom. The highest BCUT2D eigenvalue weighted by Crippen LogP contribution is 2.28. The van der Waals surface area contributed by atoms with Crippen LogP contribution in [0.15, 0.2) is 12.1 Å². The van der Waals surface area contributed by atoms with Crippen molar-refractivity contribution in [3.8, 4) is 0 Å². The third-order valence-electron chi connectivity index (χ3n) is 3.80. The number of nitrogens with zero attached hydrogens (tertiary/aromatic N) is 4. The third kappa shape index (κ3) is 3.17. The van der Waals surface area contributed by atoms with E-state index in [0.717, 1.165) is 22.8 Å². The van der Waals surface area contributed by atoms with E-state index in [1.54, 1.807) is 0 Å². The van der Waals surface area contributed by atoms with Gasteiger partial charge in [-0.3, -0.25) is 9.36 Å². The van der Waals surface area contributed by atoms with Gasteiger partial charge in [-0.1, -0.05) is 0 Å². The molecule has 0 saturated heterocycles. The number of hydrogen-bond donors (Lipinski definition) is 0. The second-order valence-corrected chi connectivity index (χ2v) is 5.68. The molecule has 0 radical (unpaired) electrons. The molecule has 24 heavy (non-hydrogen) atoms. The lowest BCUT2D eigenvalue weighted by Gasteiger charge is -2.25. The molecule has 0 aliphatic rings. The number of carbonyl (C=O) groups is 2. The molecule has 8 heteroatoms. The van der Waals surface area contributed by atoms with Crippen LogP contribution in [0.3, 0.4) is 0 Å². The number of carbonyl (C=O) groups excluding carboxylic acids is 2. The standard InChI is InChI=1S/C16H22N4O4/c1-9-7-11(3)19(17-9)13(15(21)23-5)14(16(22)24-6)20-12(4)8-10(2)18-20/h7-8,13-14H,1-6H3/t13-,14-/m1/s1. The van der Waals surface area contributed by atoms with Crippen LogP contribution in [0.25, 0.3) is 0 Å². The number of aromatic nitrogens is 4. The Kier molecular flexibility index (Phi) is 5.06. The number of hydrogen-bond acceptors (Lipinski definition) is 6. The minimum Gasteiger partial charge on any atom is -0.467 e. The van der Waals surface area contributed by atoms with Gasteiger partial charge in [-0.05, 0) is 39.8 Å². The van der Waals surface area contributed by atoms with Crippen LogP contribution >= 0.6 is 0 Å². The maximum atomic E-state index is 12.5. The maximum Gasteiger partial charge on any atom is 0.333 e. The van der Waals surface area contributed by atoms with Crippen LogP contribution in [0, 0.1) is 27.7 Å². The fourth-order valence-corrected chi connectivity index (χ4v) is 2.82. The number of ether oxygens (including phenoxy) is 2. The van der Waals surface area contributed by atoms with E-state index in [1.165, 1.54) is 23.6 Å². The van der Waals surface area contributed by atoms with Gasteiger partial charge in [0.05, 0.1) is 25.6 Å². The van der Waals surface area contributed by atoms with Crippen molar-refractivity contribution in [1.82, 2.24) is 19.6 Å². The number of methoxy groups -OCH3 is 2. The minimum absolute atomic E-state index is 0.593.